The summed E-state index contributed by atoms with van der Waals surface area (Å²) >= 11 is 0. The first-order chi connectivity index (χ1) is 13.5. The van der Waals surface area contributed by atoms with Crippen molar-refractivity contribution in [1.29, 1.82) is 0 Å². The molecule has 0 fully saturated rings. The van der Waals surface area contributed by atoms with Crippen molar-refractivity contribution in [3.63, 3.8) is 0 Å². The predicted octanol–water partition coefficient (Wildman–Crippen LogP) is 2.79. The van der Waals surface area contributed by atoms with E-state index in [0.717, 1.165) is 18.6 Å². The molecule has 7 nitrogen and oxygen atoms in total. The van der Waals surface area contributed by atoms with Crippen molar-refractivity contribution in [3.05, 3.63) is 59.5 Å². The normalized spacial score (nSPS) is 12.3. The first-order valence-corrected chi connectivity index (χ1v) is 9.43. The molecule has 3 aromatic rings. The summed E-state index contributed by atoms with van der Waals surface area (Å²) in [6.07, 6.45) is 2.65. The van der Waals surface area contributed by atoms with Gasteiger partial charge in [-0.3, -0.25) is 9.20 Å². The van der Waals surface area contributed by atoms with Crippen LogP contribution in [0, 0.1) is 5.92 Å². The molecule has 2 N–H and O–H groups in total. The predicted molar refractivity (Wildman–Crippen MR) is 106 cm³/mol. The lowest BCUT2D eigenvalue weighted by Crippen LogP contribution is -2.25. The topological polar surface area (TPSA) is 88.8 Å². The molecule has 28 heavy (non-hydrogen) atoms. The average Bonchev–Trinajstić information content (AvgIpc) is 3.13. The van der Waals surface area contributed by atoms with Gasteiger partial charge in [0.25, 0.3) is 5.91 Å². The molecule has 0 aliphatic heterocycles. The first-order valence-electron chi connectivity index (χ1n) is 9.43. The maximum absolute atomic E-state index is 12.5. The highest BCUT2D eigenvalue weighted by Crippen LogP contribution is 2.20. The number of nitrogens with zero attached hydrogens (tertiary/aromatic N) is 3. The number of benzene rings is 1. The Morgan fingerprint density at radius 3 is 2.61 bits per heavy atom. The van der Waals surface area contributed by atoms with Crippen molar-refractivity contribution < 1.29 is 14.6 Å². The van der Waals surface area contributed by atoms with Crippen LogP contribution in [0.15, 0.2) is 42.6 Å². The molecular formula is C21H26N4O3. The van der Waals surface area contributed by atoms with Gasteiger partial charge >= 0.3 is 0 Å². The van der Waals surface area contributed by atoms with Gasteiger partial charge in [0.2, 0.25) is 0 Å². The second-order valence-corrected chi connectivity index (χ2v) is 7.10. The Morgan fingerprint density at radius 1 is 1.18 bits per heavy atom. The standard InChI is InChI=1S/C21H26N4O3/c1-14(2)19(26)20-24-23-18-11-8-16(13-25(18)20)21(27)22-12-4-5-15-6-9-17(28-3)10-7-15/h6-11,13-14,19,26H,4-5,12H2,1-3H3,(H,22,27). The monoisotopic (exact) mass is 382 g/mol. The highest BCUT2D eigenvalue weighted by molar-refractivity contribution is 5.94. The van der Waals surface area contributed by atoms with Gasteiger partial charge in [-0.15, -0.1) is 10.2 Å². The number of fused-ring (bicyclic) bond motifs is 1. The Kier molecular flexibility index (Phi) is 6.26. The molecular weight excluding hydrogens is 356 g/mol. The number of carbonyl (C=O) groups is 1. The molecule has 0 aliphatic carbocycles. The molecule has 2 aromatic heterocycles. The minimum Gasteiger partial charge on any atom is -0.497 e. The van der Waals surface area contributed by atoms with Gasteiger partial charge in [0.15, 0.2) is 11.5 Å². The van der Waals surface area contributed by atoms with Crippen molar-refractivity contribution in [2.75, 3.05) is 13.7 Å². The SMILES string of the molecule is COc1ccc(CCCNC(=O)c2ccc3nnc(C(O)C(C)C)n3c2)cc1. The van der Waals surface area contributed by atoms with Gasteiger partial charge in [-0.1, -0.05) is 26.0 Å². The van der Waals surface area contributed by atoms with Crippen molar-refractivity contribution in [1.82, 2.24) is 19.9 Å². The lowest BCUT2D eigenvalue weighted by molar-refractivity contribution is 0.0952. The summed E-state index contributed by atoms with van der Waals surface area (Å²) < 4.78 is 6.83. The third-order valence-electron chi connectivity index (χ3n) is 4.67. The van der Waals surface area contributed by atoms with E-state index in [1.807, 2.05) is 38.1 Å². The summed E-state index contributed by atoms with van der Waals surface area (Å²) in [4.78, 5) is 12.5. The Labute approximate surface area is 164 Å². The molecule has 7 heteroatoms. The zero-order valence-electron chi connectivity index (χ0n) is 16.4. The number of amides is 1. The lowest BCUT2D eigenvalue weighted by Gasteiger charge is -2.12. The summed E-state index contributed by atoms with van der Waals surface area (Å²) in [5.74, 6) is 1.13. The largest absolute Gasteiger partial charge is 0.497 e. The van der Waals surface area contributed by atoms with Crippen molar-refractivity contribution in [2.45, 2.75) is 32.8 Å². The number of aromatic nitrogens is 3. The maximum Gasteiger partial charge on any atom is 0.252 e. The number of methoxy groups -OCH3 is 1. The number of hydrogen-bond donors (Lipinski definition) is 2. The van der Waals surface area contributed by atoms with E-state index in [4.69, 9.17) is 4.74 Å². The fraction of sp³-hybridized carbons (Fsp3) is 0.381. The minimum absolute atomic E-state index is 0.00263. The molecule has 0 saturated heterocycles. The Bertz CT molecular complexity index is 934. The molecule has 1 atom stereocenters. The highest BCUT2D eigenvalue weighted by Gasteiger charge is 2.19. The van der Waals surface area contributed by atoms with E-state index in [-0.39, 0.29) is 11.8 Å². The average molecular weight is 382 g/mol. The Morgan fingerprint density at radius 2 is 1.93 bits per heavy atom. The molecule has 3 rings (SSSR count). The maximum atomic E-state index is 12.5. The molecule has 148 valence electrons. The molecule has 0 spiro atoms. The molecule has 1 aromatic carbocycles. The van der Waals surface area contributed by atoms with Gasteiger partial charge in [-0.2, -0.15) is 0 Å². The number of rotatable bonds is 8. The summed E-state index contributed by atoms with van der Waals surface area (Å²) in [7, 11) is 1.65. The van der Waals surface area contributed by atoms with E-state index < -0.39 is 6.10 Å². The van der Waals surface area contributed by atoms with Crippen LogP contribution >= 0.6 is 0 Å². The van der Waals surface area contributed by atoms with E-state index in [9.17, 15) is 9.90 Å². The van der Waals surface area contributed by atoms with Gasteiger partial charge in [-0.25, -0.2) is 0 Å². The Balaban J connectivity index is 1.59. The van der Waals surface area contributed by atoms with Crippen molar-refractivity contribution in [3.8, 4) is 5.75 Å². The van der Waals surface area contributed by atoms with E-state index in [1.165, 1.54) is 5.56 Å². The lowest BCUT2D eigenvalue weighted by atomic mass is 10.1. The number of hydrogen-bond acceptors (Lipinski definition) is 5. The molecule has 2 heterocycles. The number of ether oxygens (including phenoxy) is 1. The fourth-order valence-electron chi connectivity index (χ4n) is 2.93. The van der Waals surface area contributed by atoms with E-state index in [2.05, 4.69) is 15.5 Å². The van der Waals surface area contributed by atoms with E-state index in [1.54, 1.807) is 29.8 Å². The van der Waals surface area contributed by atoms with Crippen LogP contribution in [0.5, 0.6) is 5.75 Å². The number of aryl methyl sites for hydroxylation is 1. The van der Waals surface area contributed by atoms with Crippen LogP contribution in [0.2, 0.25) is 0 Å². The third-order valence-corrected chi connectivity index (χ3v) is 4.67. The smallest absolute Gasteiger partial charge is 0.252 e. The first kappa shape index (κ1) is 19.8. The number of carbonyl (C=O) groups excluding carboxylic acids is 1. The molecule has 0 bridgehead atoms. The minimum atomic E-state index is -0.738. The number of aliphatic hydroxyl groups is 1. The van der Waals surface area contributed by atoms with Crippen LogP contribution in [0.25, 0.3) is 5.65 Å². The van der Waals surface area contributed by atoms with Gasteiger partial charge in [0.1, 0.15) is 11.9 Å². The number of pyridine rings is 1. The highest BCUT2D eigenvalue weighted by atomic mass is 16.5. The Hall–Kier alpha value is -2.93. The van der Waals surface area contributed by atoms with Crippen molar-refractivity contribution >= 4 is 11.6 Å². The van der Waals surface area contributed by atoms with Gasteiger partial charge < -0.3 is 15.2 Å². The van der Waals surface area contributed by atoms with Gasteiger partial charge in [-0.05, 0) is 48.6 Å². The summed E-state index contributed by atoms with van der Waals surface area (Å²) in [6, 6.07) is 11.4. The summed E-state index contributed by atoms with van der Waals surface area (Å²) in [5.41, 5.74) is 2.31. The van der Waals surface area contributed by atoms with Crippen LogP contribution < -0.4 is 10.1 Å². The molecule has 0 radical (unpaired) electrons. The summed E-state index contributed by atoms with van der Waals surface area (Å²) in [5, 5.41) is 21.4. The number of nitrogens with one attached hydrogen (secondary N) is 1. The molecule has 0 saturated carbocycles. The van der Waals surface area contributed by atoms with Crippen LogP contribution in [-0.4, -0.2) is 39.3 Å². The molecule has 1 amide bonds. The van der Waals surface area contributed by atoms with E-state index in [0.29, 0.717) is 23.6 Å². The summed E-state index contributed by atoms with van der Waals surface area (Å²) in [6.45, 7) is 4.39. The van der Waals surface area contributed by atoms with Gasteiger partial charge in [0.05, 0.1) is 12.7 Å². The number of aliphatic hydroxyl groups excluding tert-OH is 1. The molecule has 0 aliphatic rings. The third kappa shape index (κ3) is 4.48. The van der Waals surface area contributed by atoms with Crippen molar-refractivity contribution in [2.24, 2.45) is 5.92 Å². The zero-order valence-corrected chi connectivity index (χ0v) is 16.4. The molecule has 1 unspecified atom stereocenters. The zero-order chi connectivity index (χ0) is 20.1. The second kappa shape index (κ2) is 8.84. The van der Waals surface area contributed by atoms with E-state index >= 15 is 0 Å². The van der Waals surface area contributed by atoms with Gasteiger partial charge in [0, 0.05) is 12.7 Å². The second-order valence-electron chi connectivity index (χ2n) is 7.10. The quantitative estimate of drug-likeness (QED) is 0.585. The van der Waals surface area contributed by atoms with Crippen LogP contribution in [0.4, 0.5) is 0 Å². The van der Waals surface area contributed by atoms with Crippen LogP contribution in [0.1, 0.15) is 48.1 Å². The fourth-order valence-corrected chi connectivity index (χ4v) is 2.93. The van der Waals surface area contributed by atoms with Crippen LogP contribution in [-0.2, 0) is 6.42 Å². The van der Waals surface area contributed by atoms with Crippen LogP contribution in [0.3, 0.4) is 0 Å².